The minimum atomic E-state index is -0.222. The summed E-state index contributed by atoms with van der Waals surface area (Å²) in [4.78, 5) is 14.6. The Kier molecular flexibility index (Phi) is 4.08. The average molecular weight is 303 g/mol. The average Bonchev–Trinajstić information content (AvgIpc) is 2.79. The molecule has 2 aliphatic rings. The van der Waals surface area contributed by atoms with Crippen LogP contribution in [0.3, 0.4) is 0 Å². The third-order valence-corrected chi connectivity index (χ3v) is 4.63. The zero-order valence-corrected chi connectivity index (χ0v) is 12.7. The van der Waals surface area contributed by atoms with Crippen molar-refractivity contribution in [2.75, 3.05) is 18.0 Å². The number of thioether (sulfide) groups is 1. The summed E-state index contributed by atoms with van der Waals surface area (Å²) in [7, 11) is 0. The van der Waals surface area contributed by atoms with E-state index in [1.165, 1.54) is 36.7 Å². The third kappa shape index (κ3) is 3.04. The lowest BCUT2D eigenvalue weighted by Gasteiger charge is -2.28. The van der Waals surface area contributed by atoms with E-state index < -0.39 is 0 Å². The molecular formula is C15H15N2OS2. The van der Waals surface area contributed by atoms with Crippen molar-refractivity contribution < 1.29 is 4.79 Å². The second-order valence-electron chi connectivity index (χ2n) is 4.93. The van der Waals surface area contributed by atoms with Gasteiger partial charge in [-0.05, 0) is 55.3 Å². The molecule has 0 aliphatic carbocycles. The van der Waals surface area contributed by atoms with Gasteiger partial charge in [0.25, 0.3) is 5.91 Å². The van der Waals surface area contributed by atoms with Crippen LogP contribution in [-0.4, -0.2) is 23.3 Å². The van der Waals surface area contributed by atoms with Crippen molar-refractivity contribution in [3.8, 4) is 0 Å². The van der Waals surface area contributed by atoms with Gasteiger partial charge in [0.15, 0.2) is 4.32 Å². The highest BCUT2D eigenvalue weighted by atomic mass is 32.2. The van der Waals surface area contributed by atoms with E-state index in [0.717, 1.165) is 18.7 Å². The molecule has 20 heavy (non-hydrogen) atoms. The van der Waals surface area contributed by atoms with Crippen molar-refractivity contribution in [1.29, 1.82) is 0 Å². The maximum absolute atomic E-state index is 11.6. The minimum absolute atomic E-state index is 0.222. The molecule has 0 bridgehead atoms. The number of piperidine rings is 1. The third-order valence-electron chi connectivity index (χ3n) is 3.51. The first-order chi connectivity index (χ1) is 9.72. The molecule has 3 nitrogen and oxygen atoms in total. The number of nitrogens with zero attached hydrogens (tertiary/aromatic N) is 2. The molecule has 0 atom stereocenters. The monoisotopic (exact) mass is 303 g/mol. The van der Waals surface area contributed by atoms with Gasteiger partial charge in [0.05, 0.1) is 4.91 Å². The van der Waals surface area contributed by atoms with Crippen molar-refractivity contribution in [2.45, 2.75) is 19.3 Å². The molecule has 2 fully saturated rings. The molecule has 2 saturated heterocycles. The Morgan fingerprint density at radius 2 is 1.85 bits per heavy atom. The van der Waals surface area contributed by atoms with Crippen molar-refractivity contribution in [1.82, 2.24) is 5.32 Å². The van der Waals surface area contributed by atoms with E-state index in [1.807, 2.05) is 18.2 Å². The Bertz CT molecular complexity index is 560. The number of carbonyl (C=O) groups is 1. The summed E-state index contributed by atoms with van der Waals surface area (Å²) in [6, 6.07) is 8.34. The maximum Gasteiger partial charge on any atom is 0.285 e. The second kappa shape index (κ2) is 5.97. The lowest BCUT2D eigenvalue weighted by molar-refractivity contribution is -0.115. The second-order valence-corrected chi connectivity index (χ2v) is 6.61. The van der Waals surface area contributed by atoms with E-state index in [-0.39, 0.29) is 5.91 Å². The van der Waals surface area contributed by atoms with Gasteiger partial charge in [-0.2, -0.15) is 5.32 Å². The predicted octanol–water partition coefficient (Wildman–Crippen LogP) is 3.18. The van der Waals surface area contributed by atoms with Crippen LogP contribution in [0.5, 0.6) is 0 Å². The standard InChI is InChI=1S/C15H15N2OS2/c18-14-13(20-15(19)16-14)10-11-4-6-12(7-5-11)17-8-2-1-3-9-17/h4-7,10H,1-3,8-9H2. The zero-order valence-electron chi connectivity index (χ0n) is 11.0. The van der Waals surface area contributed by atoms with E-state index in [9.17, 15) is 4.79 Å². The van der Waals surface area contributed by atoms with Crippen LogP contribution in [0, 0.1) is 0 Å². The van der Waals surface area contributed by atoms with Crippen LogP contribution in [0.1, 0.15) is 24.8 Å². The molecule has 2 aliphatic heterocycles. The molecule has 2 heterocycles. The number of anilines is 1. The van der Waals surface area contributed by atoms with Crippen LogP contribution in [0.4, 0.5) is 5.69 Å². The summed E-state index contributed by atoms with van der Waals surface area (Å²) in [5, 5.41) is 3.74. The van der Waals surface area contributed by atoms with Gasteiger partial charge in [0.2, 0.25) is 0 Å². The SMILES string of the molecule is O=C1[N]C(=S)SC1=Cc1ccc(N2CCCCC2)cc1. The summed E-state index contributed by atoms with van der Waals surface area (Å²) in [5.74, 6) is -0.222. The Hall–Kier alpha value is -1.33. The number of hydrogen-bond acceptors (Lipinski definition) is 4. The fourth-order valence-electron chi connectivity index (χ4n) is 2.47. The largest absolute Gasteiger partial charge is 0.372 e. The number of amides is 1. The summed E-state index contributed by atoms with van der Waals surface area (Å²) < 4.78 is 0.409. The van der Waals surface area contributed by atoms with Gasteiger partial charge in [-0.3, -0.25) is 4.79 Å². The van der Waals surface area contributed by atoms with E-state index in [4.69, 9.17) is 12.2 Å². The molecule has 0 N–H and O–H groups in total. The minimum Gasteiger partial charge on any atom is -0.372 e. The molecule has 1 radical (unpaired) electrons. The summed E-state index contributed by atoms with van der Waals surface area (Å²) in [6.45, 7) is 2.28. The molecular weight excluding hydrogens is 288 g/mol. The predicted molar refractivity (Wildman–Crippen MR) is 87.8 cm³/mol. The van der Waals surface area contributed by atoms with Crippen LogP contribution < -0.4 is 10.2 Å². The normalized spacial score (nSPS) is 21.4. The van der Waals surface area contributed by atoms with Crippen molar-refractivity contribution >= 4 is 46.0 Å². The van der Waals surface area contributed by atoms with Gasteiger partial charge in [-0.1, -0.05) is 23.9 Å². The van der Waals surface area contributed by atoms with Gasteiger partial charge in [0.1, 0.15) is 0 Å². The highest BCUT2D eigenvalue weighted by Gasteiger charge is 2.24. The molecule has 0 unspecified atom stereocenters. The molecule has 1 aromatic carbocycles. The van der Waals surface area contributed by atoms with Gasteiger partial charge in [0, 0.05) is 18.8 Å². The Morgan fingerprint density at radius 1 is 1.15 bits per heavy atom. The van der Waals surface area contributed by atoms with Crippen LogP contribution in [0.2, 0.25) is 0 Å². The first kappa shape index (κ1) is 13.6. The quantitative estimate of drug-likeness (QED) is 0.621. The number of thiocarbonyl (C=S) groups is 1. The molecule has 1 amide bonds. The molecule has 103 valence electrons. The van der Waals surface area contributed by atoms with Crippen molar-refractivity contribution in [2.24, 2.45) is 0 Å². The smallest absolute Gasteiger partial charge is 0.285 e. The van der Waals surface area contributed by atoms with Crippen LogP contribution in [0.25, 0.3) is 6.08 Å². The van der Waals surface area contributed by atoms with Crippen LogP contribution in [0.15, 0.2) is 29.2 Å². The fraction of sp³-hybridized carbons (Fsp3) is 0.333. The highest BCUT2D eigenvalue weighted by Crippen LogP contribution is 2.28. The molecule has 0 spiro atoms. The number of hydrogen-bond donors (Lipinski definition) is 0. The van der Waals surface area contributed by atoms with Crippen molar-refractivity contribution in [3.05, 3.63) is 34.7 Å². The maximum atomic E-state index is 11.6. The fourth-order valence-corrected chi connectivity index (χ4v) is 3.47. The van der Waals surface area contributed by atoms with Crippen molar-refractivity contribution in [3.63, 3.8) is 0 Å². The van der Waals surface area contributed by atoms with E-state index in [1.54, 1.807) is 0 Å². The topological polar surface area (TPSA) is 34.4 Å². The Morgan fingerprint density at radius 3 is 2.45 bits per heavy atom. The highest BCUT2D eigenvalue weighted by molar-refractivity contribution is 8.26. The molecule has 1 aromatic rings. The summed E-state index contributed by atoms with van der Waals surface area (Å²) >= 11 is 6.19. The number of carbonyl (C=O) groups excluding carboxylic acids is 1. The molecule has 5 heteroatoms. The zero-order chi connectivity index (χ0) is 13.9. The molecule has 0 saturated carbocycles. The van der Waals surface area contributed by atoms with E-state index in [2.05, 4.69) is 22.3 Å². The number of rotatable bonds is 2. The Balaban J connectivity index is 1.74. The summed E-state index contributed by atoms with van der Waals surface area (Å²) in [6.07, 6.45) is 5.74. The lowest BCUT2D eigenvalue weighted by Crippen LogP contribution is -2.29. The van der Waals surface area contributed by atoms with E-state index >= 15 is 0 Å². The van der Waals surface area contributed by atoms with Gasteiger partial charge in [-0.15, -0.1) is 0 Å². The van der Waals surface area contributed by atoms with Gasteiger partial charge < -0.3 is 4.90 Å². The van der Waals surface area contributed by atoms with Gasteiger partial charge in [-0.25, -0.2) is 0 Å². The molecule has 3 rings (SSSR count). The van der Waals surface area contributed by atoms with Crippen LogP contribution in [-0.2, 0) is 4.79 Å². The molecule has 0 aromatic heterocycles. The van der Waals surface area contributed by atoms with Gasteiger partial charge >= 0.3 is 0 Å². The Labute approximate surface area is 128 Å². The number of benzene rings is 1. The first-order valence-electron chi connectivity index (χ1n) is 6.77. The van der Waals surface area contributed by atoms with E-state index in [0.29, 0.717) is 9.23 Å². The first-order valence-corrected chi connectivity index (χ1v) is 7.99. The summed E-state index contributed by atoms with van der Waals surface area (Å²) in [5.41, 5.74) is 2.28. The van der Waals surface area contributed by atoms with Crippen LogP contribution >= 0.6 is 24.0 Å². The lowest BCUT2D eigenvalue weighted by atomic mass is 10.1.